The number of benzene rings is 1. The summed E-state index contributed by atoms with van der Waals surface area (Å²) in [6.07, 6.45) is -3.11. The molecule has 0 saturated carbocycles. The van der Waals surface area contributed by atoms with Crippen LogP contribution in [-0.4, -0.2) is 59.0 Å². The second-order valence-electron chi connectivity index (χ2n) is 9.12. The first-order chi connectivity index (χ1) is 19.7. The average molecular weight is 610 g/mol. The number of hydrogen-bond donors (Lipinski definition) is 1. The van der Waals surface area contributed by atoms with Crippen LogP contribution in [0.5, 0.6) is 16.7 Å². The first-order valence-electron chi connectivity index (χ1n) is 12.3. The summed E-state index contributed by atoms with van der Waals surface area (Å²) in [6.45, 7) is 0.776. The quantitative estimate of drug-likeness (QED) is 0.242. The van der Waals surface area contributed by atoms with E-state index in [0.717, 1.165) is 11.3 Å². The van der Waals surface area contributed by atoms with E-state index in [-0.39, 0.29) is 19.4 Å². The van der Waals surface area contributed by atoms with Gasteiger partial charge in [-0.2, -0.15) is 17.7 Å². The minimum atomic E-state index is -5.10. The van der Waals surface area contributed by atoms with Gasteiger partial charge in [-0.1, -0.05) is 0 Å². The van der Waals surface area contributed by atoms with Gasteiger partial charge in [0.15, 0.2) is 11.4 Å². The van der Waals surface area contributed by atoms with E-state index >= 15 is 0 Å². The number of nitrogens with zero attached hydrogens (tertiary/aromatic N) is 4. The van der Waals surface area contributed by atoms with Crippen molar-refractivity contribution in [3.63, 3.8) is 0 Å². The van der Waals surface area contributed by atoms with E-state index in [1.807, 2.05) is 0 Å². The minimum Gasteiger partial charge on any atom is -0.496 e. The number of alkyl halides is 3. The van der Waals surface area contributed by atoms with Crippen LogP contribution in [0, 0.1) is 0 Å². The van der Waals surface area contributed by atoms with Crippen molar-refractivity contribution in [2.45, 2.75) is 31.2 Å². The second-order valence-corrected chi connectivity index (χ2v) is 10.9. The Hall–Kier alpha value is -3.89. The highest BCUT2D eigenvalue weighted by Crippen LogP contribution is 2.40. The molecule has 1 aliphatic heterocycles. The lowest BCUT2D eigenvalue weighted by Gasteiger charge is -2.35. The maximum atomic E-state index is 13.0. The number of hydrogen-bond acceptors (Lipinski definition) is 12. The van der Waals surface area contributed by atoms with Gasteiger partial charge in [0.05, 0.1) is 31.5 Å². The molecule has 1 aliphatic rings. The third-order valence-corrected chi connectivity index (χ3v) is 8.51. The van der Waals surface area contributed by atoms with Crippen LogP contribution in [0.1, 0.15) is 23.5 Å². The van der Waals surface area contributed by atoms with Crippen molar-refractivity contribution >= 4 is 44.6 Å². The van der Waals surface area contributed by atoms with Crippen LogP contribution in [0.25, 0.3) is 27.4 Å². The Kier molecular flexibility index (Phi) is 6.99. The monoisotopic (exact) mass is 609 g/mol. The molecular formula is C25H22F3N5O6S2. The Morgan fingerprint density at radius 3 is 2.73 bits per heavy atom. The maximum absolute atomic E-state index is 13.0. The van der Waals surface area contributed by atoms with Crippen LogP contribution in [0.2, 0.25) is 0 Å². The topological polar surface area (TPSA) is 122 Å². The fourth-order valence-electron chi connectivity index (χ4n) is 4.53. The van der Waals surface area contributed by atoms with E-state index in [1.54, 1.807) is 34.3 Å². The molecule has 4 aromatic heterocycles. The summed E-state index contributed by atoms with van der Waals surface area (Å²) in [4.78, 5) is 21.2. The van der Waals surface area contributed by atoms with Crippen molar-refractivity contribution in [3.8, 4) is 28.1 Å². The van der Waals surface area contributed by atoms with Crippen LogP contribution >= 0.6 is 22.7 Å². The molecule has 0 bridgehead atoms. The standard InChI is InChI=1S/C25H22F3N5O6S2/c1-35-14-7-17(15-9-19(38-18(15)8-14)16-10-30-22-33(16)32-23(36-2)41-22)37-11-13-12-40-20(31-13)24(3-5-29-6-4-24)39-21(34)25(26,27)28/h7-10,12,29H,3-6,11H2,1-2H3. The van der Waals surface area contributed by atoms with Gasteiger partial charge in [0, 0.05) is 30.4 Å². The Bertz CT molecular complexity index is 1720. The number of imidazole rings is 1. The molecule has 41 heavy (non-hydrogen) atoms. The van der Waals surface area contributed by atoms with Crippen LogP contribution in [0.3, 0.4) is 0 Å². The molecule has 0 unspecified atom stereocenters. The van der Waals surface area contributed by atoms with E-state index in [0.29, 0.717) is 67.9 Å². The molecule has 6 rings (SSSR count). The zero-order chi connectivity index (χ0) is 28.8. The van der Waals surface area contributed by atoms with Gasteiger partial charge in [-0.15, -0.1) is 16.4 Å². The number of thiazole rings is 1. The predicted molar refractivity (Wildman–Crippen MR) is 142 cm³/mol. The van der Waals surface area contributed by atoms with Crippen LogP contribution < -0.4 is 19.5 Å². The lowest BCUT2D eigenvalue weighted by molar-refractivity contribution is -0.217. The molecular weight excluding hydrogens is 587 g/mol. The molecule has 1 aromatic carbocycles. The summed E-state index contributed by atoms with van der Waals surface area (Å²) in [5.41, 5.74) is 0.125. The van der Waals surface area contributed by atoms with Crippen molar-refractivity contribution in [2.75, 3.05) is 27.3 Å². The lowest BCUT2D eigenvalue weighted by Crippen LogP contribution is -2.45. The third kappa shape index (κ3) is 5.17. The fourth-order valence-corrected chi connectivity index (χ4v) is 6.22. The Morgan fingerprint density at radius 2 is 2.00 bits per heavy atom. The molecule has 0 aliphatic carbocycles. The largest absolute Gasteiger partial charge is 0.496 e. The van der Waals surface area contributed by atoms with Crippen LogP contribution in [0.4, 0.5) is 13.2 Å². The smallest absolute Gasteiger partial charge is 0.490 e. The van der Waals surface area contributed by atoms with Gasteiger partial charge in [0.1, 0.15) is 34.4 Å². The van der Waals surface area contributed by atoms with Gasteiger partial charge < -0.3 is 28.7 Å². The number of halogens is 3. The average Bonchev–Trinajstić information content (AvgIpc) is 3.74. The minimum absolute atomic E-state index is 0.00103. The molecule has 0 spiro atoms. The van der Waals surface area contributed by atoms with Crippen molar-refractivity contribution in [2.24, 2.45) is 0 Å². The molecule has 0 radical (unpaired) electrons. The van der Waals surface area contributed by atoms with Gasteiger partial charge in [0.2, 0.25) is 4.96 Å². The number of esters is 1. The van der Waals surface area contributed by atoms with Gasteiger partial charge in [-0.3, -0.25) is 0 Å². The first-order valence-corrected chi connectivity index (χ1v) is 14.0. The molecule has 216 valence electrons. The highest BCUT2D eigenvalue weighted by molar-refractivity contribution is 7.18. The fraction of sp³-hybridized carbons (Fsp3) is 0.360. The number of piperidine rings is 1. The lowest BCUT2D eigenvalue weighted by atomic mass is 9.92. The van der Waals surface area contributed by atoms with Gasteiger partial charge >= 0.3 is 12.1 Å². The van der Waals surface area contributed by atoms with E-state index in [9.17, 15) is 18.0 Å². The number of methoxy groups -OCH3 is 2. The first kappa shape index (κ1) is 27.3. The third-order valence-electron chi connectivity index (χ3n) is 6.55. The summed E-state index contributed by atoms with van der Waals surface area (Å²) in [6, 6.07) is 5.22. The zero-order valence-electron chi connectivity index (χ0n) is 21.6. The maximum Gasteiger partial charge on any atom is 0.490 e. The zero-order valence-corrected chi connectivity index (χ0v) is 23.2. The van der Waals surface area contributed by atoms with Gasteiger partial charge in [-0.05, 0) is 30.5 Å². The number of fused-ring (bicyclic) bond motifs is 2. The summed E-state index contributed by atoms with van der Waals surface area (Å²) < 4.78 is 68.5. The number of aromatic nitrogens is 4. The number of ether oxygens (including phenoxy) is 4. The Morgan fingerprint density at radius 1 is 1.20 bits per heavy atom. The summed E-state index contributed by atoms with van der Waals surface area (Å²) in [7, 11) is 3.05. The highest BCUT2D eigenvalue weighted by atomic mass is 32.1. The number of carbonyl (C=O) groups is 1. The number of rotatable bonds is 8. The van der Waals surface area contributed by atoms with Crippen molar-refractivity contribution < 1.29 is 41.3 Å². The highest BCUT2D eigenvalue weighted by Gasteiger charge is 2.49. The SMILES string of the molecule is COc1cc(OCc2csc(C3(OC(=O)C(F)(F)F)CCNCC3)n2)c2cc(-c3cnc4sc(OC)nn34)oc2c1. The normalized spacial score (nSPS) is 15.3. The van der Waals surface area contributed by atoms with Gasteiger partial charge in [0.25, 0.3) is 5.19 Å². The number of furan rings is 1. The summed E-state index contributed by atoms with van der Waals surface area (Å²) in [5.74, 6) is -0.795. The van der Waals surface area contributed by atoms with Crippen molar-refractivity contribution in [3.05, 3.63) is 40.5 Å². The molecule has 1 N–H and O–H groups in total. The van der Waals surface area contributed by atoms with Crippen molar-refractivity contribution in [1.82, 2.24) is 24.9 Å². The molecule has 5 aromatic rings. The molecule has 1 saturated heterocycles. The predicted octanol–water partition coefficient (Wildman–Crippen LogP) is 4.94. The Balaban J connectivity index is 1.27. The molecule has 0 atom stereocenters. The van der Waals surface area contributed by atoms with E-state index in [2.05, 4.69) is 20.4 Å². The van der Waals surface area contributed by atoms with Crippen LogP contribution in [0.15, 0.2) is 34.2 Å². The Labute approximate surface area is 237 Å². The molecule has 16 heteroatoms. The van der Waals surface area contributed by atoms with E-state index < -0.39 is 17.7 Å². The second kappa shape index (κ2) is 10.5. The van der Waals surface area contributed by atoms with E-state index in [4.69, 9.17) is 23.4 Å². The van der Waals surface area contributed by atoms with Crippen molar-refractivity contribution in [1.29, 1.82) is 0 Å². The molecule has 5 heterocycles. The van der Waals surface area contributed by atoms with Gasteiger partial charge in [-0.25, -0.2) is 14.8 Å². The number of nitrogens with one attached hydrogen (secondary N) is 1. The number of carbonyl (C=O) groups excluding carboxylic acids is 1. The summed E-state index contributed by atoms with van der Waals surface area (Å²) in [5, 5.41) is 10.5. The van der Waals surface area contributed by atoms with E-state index in [1.165, 1.54) is 25.6 Å². The summed E-state index contributed by atoms with van der Waals surface area (Å²) >= 11 is 2.42. The molecule has 11 nitrogen and oxygen atoms in total. The van der Waals surface area contributed by atoms with Crippen LogP contribution in [-0.2, 0) is 21.7 Å². The molecule has 1 fully saturated rings. The molecule has 0 amide bonds.